The highest BCUT2D eigenvalue weighted by molar-refractivity contribution is 6.05. The van der Waals surface area contributed by atoms with E-state index >= 15 is 0 Å². The lowest BCUT2D eigenvalue weighted by Crippen LogP contribution is -2.48. The summed E-state index contributed by atoms with van der Waals surface area (Å²) in [4.78, 5) is 30.1. The van der Waals surface area contributed by atoms with Crippen molar-refractivity contribution in [2.45, 2.75) is 12.6 Å². The summed E-state index contributed by atoms with van der Waals surface area (Å²) in [6.07, 6.45) is 0. The molecule has 1 fully saturated rings. The van der Waals surface area contributed by atoms with Crippen LogP contribution in [0, 0.1) is 0 Å². The first-order chi connectivity index (χ1) is 16.2. The molecule has 1 saturated heterocycles. The highest BCUT2D eigenvalue weighted by Crippen LogP contribution is 2.21. The Morgan fingerprint density at radius 2 is 1.70 bits per heavy atom. The number of para-hydroxylation sites is 1. The zero-order valence-electron chi connectivity index (χ0n) is 18.4. The number of hydrogen-bond acceptors (Lipinski definition) is 6. The van der Waals surface area contributed by atoms with Crippen molar-refractivity contribution in [3.05, 3.63) is 77.6 Å². The van der Waals surface area contributed by atoms with Gasteiger partial charge in [-0.05, 0) is 17.7 Å². The van der Waals surface area contributed by atoms with Gasteiger partial charge in [0.2, 0.25) is 0 Å². The van der Waals surface area contributed by atoms with Crippen molar-refractivity contribution in [1.29, 1.82) is 0 Å². The third-order valence-electron chi connectivity index (χ3n) is 6.24. The van der Waals surface area contributed by atoms with Crippen LogP contribution in [0.5, 0.6) is 0 Å². The Morgan fingerprint density at radius 3 is 2.42 bits per heavy atom. The zero-order valence-corrected chi connectivity index (χ0v) is 18.4. The summed E-state index contributed by atoms with van der Waals surface area (Å²) in [5.74, 6) is -0.699. The maximum absolute atomic E-state index is 12.7. The molecule has 2 aromatic carbocycles. The van der Waals surface area contributed by atoms with E-state index in [0.717, 1.165) is 38.3 Å². The van der Waals surface area contributed by atoms with Crippen molar-refractivity contribution in [2.75, 3.05) is 44.2 Å². The highest BCUT2D eigenvalue weighted by Gasteiger charge is 2.32. The van der Waals surface area contributed by atoms with Crippen LogP contribution in [0.4, 0.5) is 5.69 Å². The molecule has 0 radical (unpaired) electrons. The molecular formula is C24H27N7O2. The standard InChI is InChI=1S/C24H27N7O2/c32-23(25-11-12-29-13-15-30(16-14-29)19-9-5-2-6-10-19)21-22-24(33)26-20(17-31(22)28-27-21)18-7-3-1-4-8-18/h1-10,20H,11-17H2,(H,25,32)(H,26,33)/t20-/m1/s1. The lowest BCUT2D eigenvalue weighted by molar-refractivity contribution is 0.0875. The van der Waals surface area contributed by atoms with Crippen LogP contribution < -0.4 is 15.5 Å². The molecule has 5 rings (SSSR count). The fourth-order valence-corrected chi connectivity index (χ4v) is 4.42. The fraction of sp³-hybridized carbons (Fsp3) is 0.333. The number of nitrogens with one attached hydrogen (secondary N) is 2. The average Bonchev–Trinajstić information content (AvgIpc) is 3.30. The molecule has 0 aliphatic carbocycles. The number of piperazine rings is 1. The quantitative estimate of drug-likeness (QED) is 0.594. The first-order valence-electron chi connectivity index (χ1n) is 11.3. The monoisotopic (exact) mass is 445 g/mol. The molecule has 0 saturated carbocycles. The third-order valence-corrected chi connectivity index (χ3v) is 6.24. The van der Waals surface area contributed by atoms with Gasteiger partial charge in [0.05, 0.1) is 12.6 Å². The molecule has 170 valence electrons. The number of carbonyl (C=O) groups is 2. The molecule has 3 aromatic rings. The van der Waals surface area contributed by atoms with Gasteiger partial charge in [0.1, 0.15) is 0 Å². The summed E-state index contributed by atoms with van der Waals surface area (Å²) in [5.41, 5.74) is 2.53. The van der Waals surface area contributed by atoms with Crippen LogP contribution in [0.25, 0.3) is 0 Å². The molecule has 33 heavy (non-hydrogen) atoms. The molecule has 9 nitrogen and oxygen atoms in total. The van der Waals surface area contributed by atoms with Gasteiger partial charge in [0, 0.05) is 45.0 Å². The second-order valence-corrected chi connectivity index (χ2v) is 8.33. The second-order valence-electron chi connectivity index (χ2n) is 8.33. The van der Waals surface area contributed by atoms with Gasteiger partial charge in [-0.1, -0.05) is 53.7 Å². The Morgan fingerprint density at radius 1 is 1.00 bits per heavy atom. The van der Waals surface area contributed by atoms with Gasteiger partial charge in [-0.25, -0.2) is 4.68 Å². The lowest BCUT2D eigenvalue weighted by Gasteiger charge is -2.36. The maximum Gasteiger partial charge on any atom is 0.274 e. The normalized spacial score (nSPS) is 18.5. The third kappa shape index (κ3) is 4.58. The largest absolute Gasteiger partial charge is 0.369 e. The molecule has 9 heteroatoms. The Labute approximate surface area is 192 Å². The highest BCUT2D eigenvalue weighted by atomic mass is 16.2. The van der Waals surface area contributed by atoms with E-state index < -0.39 is 0 Å². The van der Waals surface area contributed by atoms with Crippen LogP contribution in [-0.4, -0.2) is 71.0 Å². The Balaban J connectivity index is 1.13. The van der Waals surface area contributed by atoms with Crippen molar-refractivity contribution >= 4 is 17.5 Å². The number of benzene rings is 2. The van der Waals surface area contributed by atoms with E-state index in [0.29, 0.717) is 13.1 Å². The number of aromatic nitrogens is 3. The first-order valence-corrected chi connectivity index (χ1v) is 11.3. The van der Waals surface area contributed by atoms with Gasteiger partial charge >= 0.3 is 0 Å². The Bertz CT molecular complexity index is 1110. The van der Waals surface area contributed by atoms with Gasteiger partial charge in [-0.3, -0.25) is 14.5 Å². The molecule has 2 amide bonds. The fourth-order valence-electron chi connectivity index (χ4n) is 4.42. The number of hydrogen-bond donors (Lipinski definition) is 2. The Hall–Kier alpha value is -3.72. The molecule has 2 N–H and O–H groups in total. The number of nitrogens with zero attached hydrogens (tertiary/aromatic N) is 5. The van der Waals surface area contributed by atoms with Gasteiger partial charge in [-0.15, -0.1) is 5.10 Å². The Kier molecular flexibility index (Phi) is 6.03. The zero-order chi connectivity index (χ0) is 22.6. The molecule has 0 unspecified atom stereocenters. The van der Waals surface area contributed by atoms with E-state index in [1.807, 2.05) is 36.4 Å². The van der Waals surface area contributed by atoms with E-state index in [1.54, 1.807) is 0 Å². The smallest absolute Gasteiger partial charge is 0.274 e. The summed E-state index contributed by atoms with van der Waals surface area (Å²) < 4.78 is 1.52. The van der Waals surface area contributed by atoms with E-state index in [2.05, 4.69) is 55.0 Å². The van der Waals surface area contributed by atoms with Gasteiger partial charge in [-0.2, -0.15) is 0 Å². The van der Waals surface area contributed by atoms with Crippen LogP contribution in [0.2, 0.25) is 0 Å². The summed E-state index contributed by atoms with van der Waals surface area (Å²) in [6.45, 7) is 5.48. The molecule has 0 spiro atoms. The molecule has 2 aliphatic heterocycles. The van der Waals surface area contributed by atoms with Crippen molar-refractivity contribution < 1.29 is 9.59 Å². The number of amides is 2. The lowest BCUT2D eigenvalue weighted by atomic mass is 10.0. The van der Waals surface area contributed by atoms with Gasteiger partial charge in [0.25, 0.3) is 11.8 Å². The number of fused-ring (bicyclic) bond motifs is 1. The van der Waals surface area contributed by atoms with Crippen LogP contribution in [0.3, 0.4) is 0 Å². The summed E-state index contributed by atoms with van der Waals surface area (Å²) >= 11 is 0. The molecule has 1 atom stereocenters. The van der Waals surface area contributed by atoms with E-state index in [4.69, 9.17) is 0 Å². The van der Waals surface area contributed by atoms with Crippen molar-refractivity contribution in [3.8, 4) is 0 Å². The minimum absolute atomic E-state index is 0.0768. The molecule has 2 aliphatic rings. The van der Waals surface area contributed by atoms with Crippen LogP contribution in [0.1, 0.15) is 32.6 Å². The van der Waals surface area contributed by atoms with E-state index in [-0.39, 0.29) is 29.2 Å². The molecule has 1 aromatic heterocycles. The van der Waals surface area contributed by atoms with Crippen molar-refractivity contribution in [3.63, 3.8) is 0 Å². The SMILES string of the molecule is O=C(NCCN1CCN(c2ccccc2)CC1)c1nnn2c1C(=O)N[C@@H](c1ccccc1)C2. The number of anilines is 1. The minimum atomic E-state index is -0.368. The molecule has 0 bridgehead atoms. The van der Waals surface area contributed by atoms with Crippen molar-refractivity contribution in [2.24, 2.45) is 0 Å². The van der Waals surface area contributed by atoms with E-state index in [9.17, 15) is 9.59 Å². The second kappa shape index (κ2) is 9.41. The minimum Gasteiger partial charge on any atom is -0.369 e. The van der Waals surface area contributed by atoms with Crippen LogP contribution in [-0.2, 0) is 6.54 Å². The predicted molar refractivity (Wildman–Crippen MR) is 124 cm³/mol. The first kappa shape index (κ1) is 21.1. The van der Waals surface area contributed by atoms with Crippen LogP contribution in [0.15, 0.2) is 60.7 Å². The van der Waals surface area contributed by atoms with Gasteiger partial charge < -0.3 is 15.5 Å². The summed E-state index contributed by atoms with van der Waals surface area (Å²) in [5, 5.41) is 13.9. The van der Waals surface area contributed by atoms with Crippen LogP contribution >= 0.6 is 0 Å². The topological polar surface area (TPSA) is 95.4 Å². The number of carbonyl (C=O) groups excluding carboxylic acids is 2. The average molecular weight is 446 g/mol. The van der Waals surface area contributed by atoms with E-state index in [1.165, 1.54) is 10.4 Å². The number of rotatable bonds is 6. The summed E-state index contributed by atoms with van der Waals surface area (Å²) in [6, 6.07) is 19.9. The molecular weight excluding hydrogens is 418 g/mol. The maximum atomic E-state index is 12.7. The predicted octanol–water partition coefficient (Wildman–Crippen LogP) is 1.31. The summed E-state index contributed by atoms with van der Waals surface area (Å²) in [7, 11) is 0. The van der Waals surface area contributed by atoms with Gasteiger partial charge in [0.15, 0.2) is 11.4 Å². The molecule has 3 heterocycles. The van der Waals surface area contributed by atoms with Crippen molar-refractivity contribution in [1.82, 2.24) is 30.5 Å².